The molecule has 1 aromatic heterocycles. The van der Waals surface area contributed by atoms with Crippen LogP contribution in [0.15, 0.2) is 41.2 Å². The Hall–Kier alpha value is -2.09. The Kier molecular flexibility index (Phi) is 3.24. The number of pyridine rings is 1. The summed E-state index contributed by atoms with van der Waals surface area (Å²) in [5.41, 5.74) is 1.87. The molecular formula is C15H15NO. The fourth-order valence-corrected chi connectivity index (χ4v) is 1.96. The molecule has 0 radical (unpaired) electrons. The molecule has 17 heavy (non-hydrogen) atoms. The third kappa shape index (κ3) is 2.07. The number of hydrogen-bond donors (Lipinski definition) is 1. The van der Waals surface area contributed by atoms with Gasteiger partial charge in [-0.1, -0.05) is 36.4 Å². The quantitative estimate of drug-likeness (QED) is 0.832. The lowest BCUT2D eigenvalue weighted by Gasteiger charge is -2.06. The highest BCUT2D eigenvalue weighted by molar-refractivity contribution is 5.92. The van der Waals surface area contributed by atoms with Crippen LogP contribution in [0.2, 0.25) is 0 Å². The van der Waals surface area contributed by atoms with E-state index in [1.165, 1.54) is 0 Å². The molecule has 2 aromatic rings. The Morgan fingerprint density at radius 2 is 1.65 bits per heavy atom. The molecule has 0 aliphatic rings. The average molecular weight is 225 g/mol. The molecule has 0 unspecified atom stereocenters. The van der Waals surface area contributed by atoms with E-state index in [1.807, 2.05) is 62.4 Å². The molecule has 2 rings (SSSR count). The molecule has 0 saturated heterocycles. The predicted octanol–water partition coefficient (Wildman–Crippen LogP) is 3.59. The second-order valence-electron chi connectivity index (χ2n) is 3.83. The standard InChI is InChI=1S/C15H15NO/c1-3-7-12-11-9-5-6-10-13(11)15(17)16-14(12)8-4-2/h3-10H,1-2H3,(H,16,17)/b7-3-,8-4-. The molecule has 1 N–H and O–H groups in total. The zero-order valence-electron chi connectivity index (χ0n) is 10.0. The van der Waals surface area contributed by atoms with Crippen molar-refractivity contribution in [1.82, 2.24) is 4.98 Å². The highest BCUT2D eigenvalue weighted by atomic mass is 16.1. The molecule has 0 saturated carbocycles. The molecule has 0 bridgehead atoms. The van der Waals surface area contributed by atoms with Gasteiger partial charge in [0.05, 0.1) is 0 Å². The third-order valence-electron chi connectivity index (χ3n) is 2.67. The number of aromatic nitrogens is 1. The number of hydrogen-bond acceptors (Lipinski definition) is 1. The molecular weight excluding hydrogens is 210 g/mol. The van der Waals surface area contributed by atoms with E-state index in [-0.39, 0.29) is 5.56 Å². The van der Waals surface area contributed by atoms with Crippen LogP contribution < -0.4 is 5.56 Å². The first-order chi connectivity index (χ1) is 8.27. The Balaban J connectivity index is 2.92. The van der Waals surface area contributed by atoms with Gasteiger partial charge in [-0.05, 0) is 31.4 Å². The molecule has 1 heterocycles. The Morgan fingerprint density at radius 1 is 1.00 bits per heavy atom. The second-order valence-corrected chi connectivity index (χ2v) is 3.83. The third-order valence-corrected chi connectivity index (χ3v) is 2.67. The Bertz CT molecular complexity index is 648. The fourth-order valence-electron chi connectivity index (χ4n) is 1.96. The minimum Gasteiger partial charge on any atom is -0.321 e. The van der Waals surface area contributed by atoms with Gasteiger partial charge in [0.25, 0.3) is 5.56 Å². The Labute approximate surface area is 100 Å². The van der Waals surface area contributed by atoms with Gasteiger partial charge in [-0.2, -0.15) is 0 Å². The van der Waals surface area contributed by atoms with Crippen molar-refractivity contribution in [2.45, 2.75) is 13.8 Å². The minimum atomic E-state index is -0.0399. The summed E-state index contributed by atoms with van der Waals surface area (Å²) in [7, 11) is 0. The normalized spacial score (nSPS) is 11.9. The average Bonchev–Trinajstić information content (AvgIpc) is 2.34. The maximum Gasteiger partial charge on any atom is 0.256 e. The summed E-state index contributed by atoms with van der Waals surface area (Å²) in [6, 6.07) is 7.66. The van der Waals surface area contributed by atoms with Crippen LogP contribution in [-0.4, -0.2) is 4.98 Å². The first kappa shape index (κ1) is 11.4. The van der Waals surface area contributed by atoms with E-state index in [9.17, 15) is 4.79 Å². The van der Waals surface area contributed by atoms with Crippen molar-refractivity contribution in [2.75, 3.05) is 0 Å². The van der Waals surface area contributed by atoms with E-state index in [4.69, 9.17) is 0 Å². The van der Waals surface area contributed by atoms with Gasteiger partial charge in [0.15, 0.2) is 0 Å². The zero-order chi connectivity index (χ0) is 12.3. The van der Waals surface area contributed by atoms with Gasteiger partial charge in [0.1, 0.15) is 0 Å². The molecule has 0 amide bonds. The fraction of sp³-hybridized carbons (Fsp3) is 0.133. The highest BCUT2D eigenvalue weighted by Gasteiger charge is 2.06. The van der Waals surface area contributed by atoms with E-state index in [2.05, 4.69) is 4.98 Å². The number of nitrogens with one attached hydrogen (secondary N) is 1. The van der Waals surface area contributed by atoms with Crippen LogP contribution in [0.25, 0.3) is 22.9 Å². The van der Waals surface area contributed by atoms with Gasteiger partial charge in [-0.25, -0.2) is 0 Å². The molecule has 0 aliphatic heterocycles. The number of aromatic amines is 1. The van der Waals surface area contributed by atoms with E-state index in [1.54, 1.807) is 0 Å². The first-order valence-corrected chi connectivity index (χ1v) is 5.68. The van der Waals surface area contributed by atoms with Crippen LogP contribution in [0.1, 0.15) is 25.1 Å². The first-order valence-electron chi connectivity index (χ1n) is 5.68. The van der Waals surface area contributed by atoms with Crippen molar-refractivity contribution in [3.63, 3.8) is 0 Å². The summed E-state index contributed by atoms with van der Waals surface area (Å²) in [6.45, 7) is 3.91. The van der Waals surface area contributed by atoms with Crippen molar-refractivity contribution in [1.29, 1.82) is 0 Å². The molecule has 0 spiro atoms. The van der Waals surface area contributed by atoms with Gasteiger partial charge in [0, 0.05) is 16.6 Å². The predicted molar refractivity (Wildman–Crippen MR) is 74.0 cm³/mol. The van der Waals surface area contributed by atoms with Crippen LogP contribution >= 0.6 is 0 Å². The van der Waals surface area contributed by atoms with Gasteiger partial charge in [-0.3, -0.25) is 4.79 Å². The van der Waals surface area contributed by atoms with Gasteiger partial charge in [0.2, 0.25) is 0 Å². The maximum absolute atomic E-state index is 11.9. The van der Waals surface area contributed by atoms with Gasteiger partial charge >= 0.3 is 0 Å². The van der Waals surface area contributed by atoms with Crippen molar-refractivity contribution in [2.24, 2.45) is 0 Å². The summed E-state index contributed by atoms with van der Waals surface area (Å²) >= 11 is 0. The molecule has 86 valence electrons. The number of H-pyrrole nitrogens is 1. The number of allylic oxidation sites excluding steroid dienone is 2. The number of rotatable bonds is 2. The summed E-state index contributed by atoms with van der Waals surface area (Å²) in [5.74, 6) is 0. The van der Waals surface area contributed by atoms with Crippen LogP contribution in [0.4, 0.5) is 0 Å². The molecule has 2 nitrogen and oxygen atoms in total. The summed E-state index contributed by atoms with van der Waals surface area (Å²) in [5, 5.41) is 1.72. The monoisotopic (exact) mass is 225 g/mol. The highest BCUT2D eigenvalue weighted by Crippen LogP contribution is 2.20. The van der Waals surface area contributed by atoms with Crippen molar-refractivity contribution in [3.8, 4) is 0 Å². The zero-order valence-corrected chi connectivity index (χ0v) is 10.0. The topological polar surface area (TPSA) is 32.9 Å². The molecule has 0 atom stereocenters. The Morgan fingerprint density at radius 3 is 2.29 bits per heavy atom. The molecule has 0 fully saturated rings. The lowest BCUT2D eigenvalue weighted by atomic mass is 10.0. The SMILES string of the molecule is C/C=C\c1[nH]c(=O)c2ccccc2c1/C=C\C. The van der Waals surface area contributed by atoms with Crippen molar-refractivity contribution in [3.05, 3.63) is 58.0 Å². The van der Waals surface area contributed by atoms with E-state index in [0.29, 0.717) is 0 Å². The van der Waals surface area contributed by atoms with Crippen molar-refractivity contribution >= 4 is 22.9 Å². The second kappa shape index (κ2) is 4.83. The molecule has 1 aromatic carbocycles. The van der Waals surface area contributed by atoms with E-state index < -0.39 is 0 Å². The van der Waals surface area contributed by atoms with Crippen LogP contribution in [0, 0.1) is 0 Å². The summed E-state index contributed by atoms with van der Waals surface area (Å²) < 4.78 is 0. The van der Waals surface area contributed by atoms with Gasteiger partial charge in [-0.15, -0.1) is 0 Å². The van der Waals surface area contributed by atoms with Crippen LogP contribution in [0.5, 0.6) is 0 Å². The molecule has 0 aliphatic carbocycles. The lowest BCUT2D eigenvalue weighted by Crippen LogP contribution is -2.09. The maximum atomic E-state index is 11.9. The van der Waals surface area contributed by atoms with Crippen LogP contribution in [-0.2, 0) is 0 Å². The summed E-state index contributed by atoms with van der Waals surface area (Å²) in [6.07, 6.45) is 7.84. The number of benzene rings is 1. The minimum absolute atomic E-state index is 0.0399. The smallest absolute Gasteiger partial charge is 0.256 e. The van der Waals surface area contributed by atoms with Gasteiger partial charge < -0.3 is 4.98 Å². The van der Waals surface area contributed by atoms with E-state index in [0.717, 1.165) is 22.0 Å². The molecule has 2 heteroatoms. The van der Waals surface area contributed by atoms with Crippen LogP contribution in [0.3, 0.4) is 0 Å². The number of fused-ring (bicyclic) bond motifs is 1. The summed E-state index contributed by atoms with van der Waals surface area (Å²) in [4.78, 5) is 14.8. The van der Waals surface area contributed by atoms with Crippen molar-refractivity contribution < 1.29 is 0 Å². The largest absolute Gasteiger partial charge is 0.321 e. The van der Waals surface area contributed by atoms with E-state index >= 15 is 0 Å². The lowest BCUT2D eigenvalue weighted by molar-refractivity contribution is 1.24.